The van der Waals surface area contributed by atoms with Crippen LogP contribution in [-0.4, -0.2) is 23.3 Å². The predicted octanol–water partition coefficient (Wildman–Crippen LogP) is 8.15. The van der Waals surface area contributed by atoms with Gasteiger partial charge in [0, 0.05) is 21.7 Å². The molecule has 2 aliphatic heterocycles. The Balaban J connectivity index is 1.61. The summed E-state index contributed by atoms with van der Waals surface area (Å²) >= 11 is 7.80. The lowest BCUT2D eigenvalue weighted by atomic mass is 9.85. The van der Waals surface area contributed by atoms with Crippen molar-refractivity contribution in [3.63, 3.8) is 0 Å². The van der Waals surface area contributed by atoms with Crippen LogP contribution in [0.15, 0.2) is 113 Å². The Labute approximate surface area is 255 Å². The average Bonchev–Trinajstić information content (AvgIpc) is 3.39. The van der Waals surface area contributed by atoms with Gasteiger partial charge in [-0.3, -0.25) is 0 Å². The van der Waals surface area contributed by atoms with E-state index in [-0.39, 0.29) is 17.1 Å². The van der Waals surface area contributed by atoms with Gasteiger partial charge in [0.05, 0.1) is 23.7 Å². The zero-order chi connectivity index (χ0) is 29.5. The first kappa shape index (κ1) is 28.1. The van der Waals surface area contributed by atoms with Crippen molar-refractivity contribution in [3.8, 4) is 0 Å². The van der Waals surface area contributed by atoms with Gasteiger partial charge in [0.1, 0.15) is 0 Å². The quantitative estimate of drug-likeness (QED) is 0.218. The molecule has 0 saturated heterocycles. The molecule has 42 heavy (non-hydrogen) atoms. The molecule has 1 atom stereocenters. The Morgan fingerprint density at radius 2 is 1.52 bits per heavy atom. The summed E-state index contributed by atoms with van der Waals surface area (Å²) in [5.74, 6) is -0.482. The van der Waals surface area contributed by atoms with Crippen LogP contribution < -0.4 is 10.0 Å². The van der Waals surface area contributed by atoms with Crippen LogP contribution in [0.2, 0.25) is 5.02 Å². The second-order valence-corrected chi connectivity index (χ2v) is 12.7. The van der Waals surface area contributed by atoms with Crippen LogP contribution in [0, 0.1) is 0 Å². The number of anilines is 2. The average molecular weight is 595 g/mol. The second-order valence-electron chi connectivity index (χ2n) is 11.1. The van der Waals surface area contributed by atoms with E-state index in [0.717, 1.165) is 33.8 Å². The lowest BCUT2D eigenvalue weighted by Gasteiger charge is -2.47. The number of esters is 1. The van der Waals surface area contributed by atoms with E-state index >= 15 is 0 Å². The smallest absolute Gasteiger partial charge is 0.365 e. The number of hydrogen-bond donors (Lipinski definition) is 0. The number of thioether (sulfide) groups is 1. The summed E-state index contributed by atoms with van der Waals surface area (Å²) in [5.41, 5.74) is 6.56. The summed E-state index contributed by atoms with van der Waals surface area (Å²) in [4.78, 5) is 12.1. The Bertz CT molecular complexity index is 1700. The lowest BCUT2D eigenvalue weighted by Crippen LogP contribution is -2.54. The monoisotopic (exact) mass is 594 g/mol. The fourth-order valence-electron chi connectivity index (χ4n) is 5.23. The van der Waals surface area contributed by atoms with Crippen LogP contribution in [0.4, 0.5) is 11.4 Å². The van der Waals surface area contributed by atoms with E-state index in [1.165, 1.54) is 17.3 Å². The fourth-order valence-corrected chi connectivity index (χ4v) is 6.70. The molecule has 6 rings (SSSR count). The first-order valence-corrected chi connectivity index (χ1v) is 15.1. The molecule has 0 bridgehead atoms. The molecule has 1 spiro atoms. The van der Waals surface area contributed by atoms with Gasteiger partial charge in [0.2, 0.25) is 10.0 Å². The number of rotatable bonds is 5. The highest BCUT2D eigenvalue weighted by atomic mass is 35.5. The van der Waals surface area contributed by atoms with E-state index in [1.54, 1.807) is 6.92 Å². The van der Waals surface area contributed by atoms with E-state index in [0.29, 0.717) is 5.02 Å². The number of ether oxygens (including phenoxy) is 1. The molecule has 212 valence electrons. The topological polar surface area (TPSA) is 57.5 Å². The highest BCUT2D eigenvalue weighted by Gasteiger charge is 2.56. The number of benzene rings is 4. The molecule has 2 aliphatic rings. The van der Waals surface area contributed by atoms with Crippen LogP contribution >= 0.6 is 23.4 Å². The zero-order valence-electron chi connectivity index (χ0n) is 23.9. The summed E-state index contributed by atoms with van der Waals surface area (Å²) in [6, 6.07) is 34.2. The standard InChI is InChI=1S/C34H31ClN4O2S/c1-5-41-32(40)31-37-39(27-15-11-12-25(35)22-27)34(42-31)29-17-10-9-16-28(29)30(36-38(34)26-13-7-6-8-14-26)23-18-20-24(21-19-23)33(2,3)4/h6-22H,5H2,1-4H3/t34-/m1/s1. The van der Waals surface area contributed by atoms with Crippen LogP contribution in [0.1, 0.15) is 49.9 Å². The SMILES string of the molecule is CCOC(=O)C1=NN(c2cccc(Cl)c2)[C@@]2(S1)c1ccccc1C(c1ccc(C(C)(C)C)cc1)=NN2c1ccccc1. The van der Waals surface area contributed by atoms with Gasteiger partial charge in [-0.1, -0.05) is 105 Å². The molecule has 0 N–H and O–H groups in total. The summed E-state index contributed by atoms with van der Waals surface area (Å²) in [5, 5.41) is 14.8. The first-order valence-electron chi connectivity index (χ1n) is 13.9. The molecule has 0 aromatic heterocycles. The van der Waals surface area contributed by atoms with Crippen molar-refractivity contribution in [2.75, 3.05) is 16.6 Å². The Morgan fingerprint density at radius 3 is 2.21 bits per heavy atom. The molecule has 0 amide bonds. The highest BCUT2D eigenvalue weighted by Crippen LogP contribution is 2.55. The predicted molar refractivity (Wildman–Crippen MR) is 173 cm³/mol. The Kier molecular flexibility index (Phi) is 7.33. The molecule has 2 heterocycles. The van der Waals surface area contributed by atoms with Crippen molar-refractivity contribution >= 4 is 51.5 Å². The van der Waals surface area contributed by atoms with Gasteiger partial charge >= 0.3 is 5.97 Å². The zero-order valence-corrected chi connectivity index (χ0v) is 25.5. The van der Waals surface area contributed by atoms with Gasteiger partial charge < -0.3 is 4.74 Å². The molecule has 4 aromatic rings. The summed E-state index contributed by atoms with van der Waals surface area (Å²) in [6.07, 6.45) is 0. The minimum atomic E-state index is -1.08. The molecule has 4 aromatic carbocycles. The molecular formula is C34H31ClN4O2S. The molecule has 0 unspecified atom stereocenters. The molecule has 6 nitrogen and oxygen atoms in total. The third-order valence-electron chi connectivity index (χ3n) is 7.26. The van der Waals surface area contributed by atoms with Gasteiger partial charge in [-0.25, -0.2) is 14.8 Å². The van der Waals surface area contributed by atoms with Gasteiger partial charge in [0.15, 0.2) is 0 Å². The molecule has 0 radical (unpaired) electrons. The van der Waals surface area contributed by atoms with Gasteiger partial charge in [-0.15, -0.1) is 0 Å². The third kappa shape index (κ3) is 4.86. The molecule has 0 saturated carbocycles. The summed E-state index contributed by atoms with van der Waals surface area (Å²) in [6.45, 7) is 8.66. The number of fused-ring (bicyclic) bond motifs is 2. The third-order valence-corrected chi connectivity index (χ3v) is 8.79. The maximum Gasteiger partial charge on any atom is 0.365 e. The number of halogens is 1. The van der Waals surface area contributed by atoms with Gasteiger partial charge in [0.25, 0.3) is 0 Å². The normalized spacial score (nSPS) is 18.0. The van der Waals surface area contributed by atoms with Crippen molar-refractivity contribution in [2.45, 2.75) is 38.1 Å². The van der Waals surface area contributed by atoms with Crippen LogP contribution in [0.5, 0.6) is 0 Å². The maximum atomic E-state index is 13.2. The van der Waals surface area contributed by atoms with E-state index in [4.69, 9.17) is 26.5 Å². The van der Waals surface area contributed by atoms with Crippen molar-refractivity contribution in [2.24, 2.45) is 10.2 Å². The van der Waals surface area contributed by atoms with Crippen LogP contribution in [0.3, 0.4) is 0 Å². The number of nitrogens with zero attached hydrogens (tertiary/aromatic N) is 4. The maximum absolute atomic E-state index is 13.2. The molecule has 0 aliphatic carbocycles. The second kappa shape index (κ2) is 11.0. The van der Waals surface area contributed by atoms with Crippen molar-refractivity contribution in [3.05, 3.63) is 130 Å². The van der Waals surface area contributed by atoms with Crippen molar-refractivity contribution in [1.82, 2.24) is 0 Å². The van der Waals surface area contributed by atoms with E-state index in [2.05, 4.69) is 57.2 Å². The van der Waals surface area contributed by atoms with Crippen molar-refractivity contribution in [1.29, 1.82) is 0 Å². The molecule has 0 fully saturated rings. The number of para-hydroxylation sites is 1. The summed E-state index contributed by atoms with van der Waals surface area (Å²) < 4.78 is 5.43. The largest absolute Gasteiger partial charge is 0.461 e. The minimum absolute atomic E-state index is 0.0315. The van der Waals surface area contributed by atoms with E-state index < -0.39 is 11.0 Å². The number of carbonyl (C=O) groups excluding carboxylic acids is 1. The number of hydrazone groups is 2. The minimum Gasteiger partial charge on any atom is -0.461 e. The van der Waals surface area contributed by atoms with Gasteiger partial charge in [-0.2, -0.15) is 10.2 Å². The lowest BCUT2D eigenvalue weighted by molar-refractivity contribution is -0.134. The first-order chi connectivity index (χ1) is 20.2. The van der Waals surface area contributed by atoms with Crippen molar-refractivity contribution < 1.29 is 9.53 Å². The highest BCUT2D eigenvalue weighted by molar-refractivity contribution is 8.16. The summed E-state index contributed by atoms with van der Waals surface area (Å²) in [7, 11) is 0. The number of carbonyl (C=O) groups is 1. The molecule has 8 heteroatoms. The van der Waals surface area contributed by atoms with E-state index in [1.807, 2.05) is 76.7 Å². The molecular weight excluding hydrogens is 564 g/mol. The van der Waals surface area contributed by atoms with Crippen LogP contribution in [0.25, 0.3) is 0 Å². The van der Waals surface area contributed by atoms with E-state index in [9.17, 15) is 4.79 Å². The Hall–Kier alpha value is -4.07. The Morgan fingerprint density at radius 1 is 0.857 bits per heavy atom. The number of hydrogen-bond acceptors (Lipinski definition) is 7. The van der Waals surface area contributed by atoms with Gasteiger partial charge in [-0.05, 0) is 60.0 Å². The van der Waals surface area contributed by atoms with Crippen LogP contribution in [-0.2, 0) is 19.9 Å². The fraction of sp³-hybridized carbons (Fsp3) is 0.206.